The molecule has 1 aromatic rings. The van der Waals surface area contributed by atoms with Crippen molar-refractivity contribution in [3.8, 4) is 11.8 Å². The van der Waals surface area contributed by atoms with E-state index in [1.807, 2.05) is 18.2 Å². The minimum absolute atomic E-state index is 0.612. The molecule has 0 fully saturated rings. The summed E-state index contributed by atoms with van der Waals surface area (Å²) in [5, 5.41) is 11.9. The molecular weight excluding hydrogens is 236 g/mol. The molecule has 0 saturated carbocycles. The van der Waals surface area contributed by atoms with Gasteiger partial charge in [0.25, 0.3) is 0 Å². The number of nitrogens with zero attached hydrogens (tertiary/aromatic N) is 1. The second kappa shape index (κ2) is 9.41. The van der Waals surface area contributed by atoms with E-state index in [2.05, 4.69) is 31.3 Å². The summed E-state index contributed by atoms with van der Waals surface area (Å²) in [4.78, 5) is 0. The summed E-state index contributed by atoms with van der Waals surface area (Å²) < 4.78 is 5.79. The van der Waals surface area contributed by atoms with Crippen molar-refractivity contribution >= 4 is 0 Å². The van der Waals surface area contributed by atoms with Crippen LogP contribution in [0.25, 0.3) is 0 Å². The summed E-state index contributed by atoms with van der Waals surface area (Å²) >= 11 is 0. The first kappa shape index (κ1) is 15.5. The van der Waals surface area contributed by atoms with Gasteiger partial charge in [-0.2, -0.15) is 5.26 Å². The largest absolute Gasteiger partial charge is 0.493 e. The topological polar surface area (TPSA) is 45.0 Å². The van der Waals surface area contributed by atoms with E-state index < -0.39 is 0 Å². The van der Waals surface area contributed by atoms with Crippen molar-refractivity contribution in [1.82, 2.24) is 5.32 Å². The average Bonchev–Trinajstić information content (AvgIpc) is 2.40. The Morgan fingerprint density at radius 3 is 2.79 bits per heavy atom. The minimum atomic E-state index is 0.612. The number of hydrogen-bond acceptors (Lipinski definition) is 3. The van der Waals surface area contributed by atoms with Crippen LogP contribution in [-0.4, -0.2) is 13.2 Å². The van der Waals surface area contributed by atoms with Crippen LogP contribution in [0.15, 0.2) is 24.3 Å². The van der Waals surface area contributed by atoms with E-state index in [0.717, 1.165) is 31.7 Å². The van der Waals surface area contributed by atoms with Crippen molar-refractivity contribution < 1.29 is 4.74 Å². The van der Waals surface area contributed by atoms with E-state index >= 15 is 0 Å². The number of ether oxygens (including phenoxy) is 1. The van der Waals surface area contributed by atoms with Crippen LogP contribution in [-0.2, 0) is 6.54 Å². The van der Waals surface area contributed by atoms with E-state index in [0.29, 0.717) is 18.9 Å². The van der Waals surface area contributed by atoms with Gasteiger partial charge < -0.3 is 10.1 Å². The van der Waals surface area contributed by atoms with Gasteiger partial charge in [-0.05, 0) is 31.4 Å². The Morgan fingerprint density at radius 1 is 1.26 bits per heavy atom. The highest BCUT2D eigenvalue weighted by molar-refractivity contribution is 5.33. The van der Waals surface area contributed by atoms with Crippen LogP contribution in [0.1, 0.15) is 38.7 Å². The minimum Gasteiger partial charge on any atom is -0.493 e. The summed E-state index contributed by atoms with van der Waals surface area (Å²) in [6.45, 7) is 6.93. The van der Waals surface area contributed by atoms with E-state index in [1.54, 1.807) is 0 Å². The monoisotopic (exact) mass is 260 g/mol. The smallest absolute Gasteiger partial charge is 0.123 e. The fraction of sp³-hybridized carbons (Fsp3) is 0.562. The van der Waals surface area contributed by atoms with Crippen molar-refractivity contribution in [2.24, 2.45) is 5.92 Å². The molecule has 0 aliphatic rings. The number of benzene rings is 1. The Bertz CT molecular complexity index is 396. The van der Waals surface area contributed by atoms with Crippen LogP contribution in [0, 0.1) is 17.2 Å². The highest BCUT2D eigenvalue weighted by Crippen LogP contribution is 2.18. The van der Waals surface area contributed by atoms with Crippen molar-refractivity contribution in [1.29, 1.82) is 5.26 Å². The summed E-state index contributed by atoms with van der Waals surface area (Å²) in [5.41, 5.74) is 1.20. The highest BCUT2D eigenvalue weighted by atomic mass is 16.5. The Morgan fingerprint density at radius 2 is 2.05 bits per heavy atom. The molecule has 0 heterocycles. The zero-order valence-corrected chi connectivity index (χ0v) is 12.0. The van der Waals surface area contributed by atoms with Crippen molar-refractivity contribution in [3.63, 3.8) is 0 Å². The summed E-state index contributed by atoms with van der Waals surface area (Å²) in [6.07, 6.45) is 2.45. The van der Waals surface area contributed by atoms with Gasteiger partial charge in [-0.25, -0.2) is 0 Å². The first-order valence-electron chi connectivity index (χ1n) is 7.02. The molecule has 0 radical (unpaired) electrons. The molecule has 104 valence electrons. The van der Waals surface area contributed by atoms with Gasteiger partial charge >= 0.3 is 0 Å². The maximum absolute atomic E-state index is 8.47. The average molecular weight is 260 g/mol. The van der Waals surface area contributed by atoms with Gasteiger partial charge in [0.2, 0.25) is 0 Å². The number of unbranched alkanes of at least 4 members (excludes halogenated alkanes) is 2. The van der Waals surface area contributed by atoms with Gasteiger partial charge in [0.15, 0.2) is 0 Å². The summed E-state index contributed by atoms with van der Waals surface area (Å²) in [5.74, 6) is 1.61. The number of nitriles is 1. The van der Waals surface area contributed by atoms with Crippen LogP contribution in [0.3, 0.4) is 0 Å². The predicted octanol–water partition coefficient (Wildman–Crippen LogP) is 3.50. The fourth-order valence-electron chi connectivity index (χ4n) is 1.77. The summed E-state index contributed by atoms with van der Waals surface area (Å²) in [7, 11) is 0. The molecule has 3 nitrogen and oxygen atoms in total. The first-order valence-corrected chi connectivity index (χ1v) is 7.02. The van der Waals surface area contributed by atoms with E-state index in [1.165, 1.54) is 5.56 Å². The standard InChI is InChI=1S/C16H24N2O/c1-14(2)12-18-13-15-8-4-5-9-16(15)19-11-7-3-6-10-17/h4-5,8-9,14,18H,3,6-7,11-13H2,1-2H3. The van der Waals surface area contributed by atoms with Gasteiger partial charge in [-0.1, -0.05) is 32.0 Å². The molecule has 0 aliphatic carbocycles. The molecule has 1 rings (SSSR count). The third kappa shape index (κ3) is 6.83. The molecule has 0 amide bonds. The summed E-state index contributed by atoms with van der Waals surface area (Å²) in [6, 6.07) is 10.3. The molecule has 0 bridgehead atoms. The molecule has 0 atom stereocenters. The van der Waals surface area contributed by atoms with Gasteiger partial charge in [-0.15, -0.1) is 0 Å². The molecule has 1 N–H and O–H groups in total. The third-order valence-electron chi connectivity index (χ3n) is 2.78. The fourth-order valence-corrected chi connectivity index (χ4v) is 1.77. The zero-order valence-electron chi connectivity index (χ0n) is 12.0. The van der Waals surface area contributed by atoms with Crippen LogP contribution in [0.2, 0.25) is 0 Å². The molecule has 1 aromatic carbocycles. The van der Waals surface area contributed by atoms with Crippen LogP contribution in [0.4, 0.5) is 0 Å². The molecule has 3 heteroatoms. The lowest BCUT2D eigenvalue weighted by Gasteiger charge is -2.13. The van der Waals surface area contributed by atoms with Crippen LogP contribution < -0.4 is 10.1 Å². The number of para-hydroxylation sites is 1. The van der Waals surface area contributed by atoms with Crippen molar-refractivity contribution in [3.05, 3.63) is 29.8 Å². The maximum Gasteiger partial charge on any atom is 0.123 e. The molecule has 0 aromatic heterocycles. The Labute approximate surface area is 116 Å². The molecule has 0 aliphatic heterocycles. The molecular formula is C16H24N2O. The third-order valence-corrected chi connectivity index (χ3v) is 2.78. The second-order valence-corrected chi connectivity index (χ2v) is 5.10. The SMILES string of the molecule is CC(C)CNCc1ccccc1OCCCCC#N. The quantitative estimate of drug-likeness (QED) is 0.691. The van der Waals surface area contributed by atoms with E-state index in [9.17, 15) is 0 Å². The van der Waals surface area contributed by atoms with E-state index in [4.69, 9.17) is 10.00 Å². The molecule has 0 unspecified atom stereocenters. The lowest BCUT2D eigenvalue weighted by molar-refractivity contribution is 0.303. The van der Waals surface area contributed by atoms with Crippen molar-refractivity contribution in [2.75, 3.05) is 13.2 Å². The zero-order chi connectivity index (χ0) is 13.9. The van der Waals surface area contributed by atoms with E-state index in [-0.39, 0.29) is 0 Å². The second-order valence-electron chi connectivity index (χ2n) is 5.10. The van der Waals surface area contributed by atoms with Crippen molar-refractivity contribution in [2.45, 2.75) is 39.7 Å². The van der Waals surface area contributed by atoms with Crippen LogP contribution >= 0.6 is 0 Å². The lowest BCUT2D eigenvalue weighted by Crippen LogP contribution is -2.19. The van der Waals surface area contributed by atoms with Gasteiger partial charge in [0.1, 0.15) is 5.75 Å². The first-order chi connectivity index (χ1) is 9.24. The Hall–Kier alpha value is -1.53. The predicted molar refractivity (Wildman–Crippen MR) is 77.9 cm³/mol. The highest BCUT2D eigenvalue weighted by Gasteiger charge is 2.03. The molecule has 0 saturated heterocycles. The van der Waals surface area contributed by atoms with Gasteiger partial charge in [0, 0.05) is 18.5 Å². The van der Waals surface area contributed by atoms with Crippen LogP contribution in [0.5, 0.6) is 5.75 Å². The number of rotatable bonds is 9. The van der Waals surface area contributed by atoms with Gasteiger partial charge in [-0.3, -0.25) is 0 Å². The molecule has 19 heavy (non-hydrogen) atoms. The molecule has 0 spiro atoms. The number of nitrogens with one attached hydrogen (secondary N) is 1. The number of hydrogen-bond donors (Lipinski definition) is 1. The maximum atomic E-state index is 8.47. The Balaban J connectivity index is 2.37. The normalized spacial score (nSPS) is 10.4. The Kier molecular flexibility index (Phi) is 7.69. The van der Waals surface area contributed by atoms with Gasteiger partial charge in [0.05, 0.1) is 12.7 Å². The lowest BCUT2D eigenvalue weighted by atomic mass is 10.2.